The first kappa shape index (κ1) is 21.6. The number of hydrogen-bond donors (Lipinski definition) is 0. The Bertz CT molecular complexity index is 964. The first-order chi connectivity index (χ1) is 14.8. The van der Waals surface area contributed by atoms with Crippen molar-refractivity contribution >= 4 is 11.7 Å². The summed E-state index contributed by atoms with van der Waals surface area (Å²) in [5.74, 6) is 1.88. The monoisotopic (exact) mass is 432 g/mol. The minimum absolute atomic E-state index is 0.205. The van der Waals surface area contributed by atoms with Gasteiger partial charge in [0.25, 0.3) is 0 Å². The van der Waals surface area contributed by atoms with Gasteiger partial charge in [-0.1, -0.05) is 25.1 Å². The average molecular weight is 432 g/mol. The van der Waals surface area contributed by atoms with Gasteiger partial charge in [-0.2, -0.15) is 13.2 Å². The summed E-state index contributed by atoms with van der Waals surface area (Å²) in [4.78, 5) is 25.7. The third-order valence-corrected chi connectivity index (χ3v) is 5.97. The second-order valence-corrected chi connectivity index (χ2v) is 8.33. The Morgan fingerprint density at radius 2 is 1.84 bits per heavy atom. The van der Waals surface area contributed by atoms with Crippen LogP contribution >= 0.6 is 0 Å². The van der Waals surface area contributed by atoms with Crippen molar-refractivity contribution in [3.63, 3.8) is 0 Å². The zero-order valence-electron chi connectivity index (χ0n) is 17.9. The van der Waals surface area contributed by atoms with Crippen LogP contribution in [-0.4, -0.2) is 47.0 Å². The predicted octanol–water partition coefficient (Wildman–Crippen LogP) is 4.02. The minimum atomic E-state index is -4.37. The number of piperazine rings is 1. The number of halogens is 3. The predicted molar refractivity (Wildman–Crippen MR) is 112 cm³/mol. The van der Waals surface area contributed by atoms with Gasteiger partial charge < -0.3 is 9.80 Å². The smallest absolute Gasteiger partial charge is 0.353 e. The molecule has 4 rings (SSSR count). The molecular weight excluding hydrogens is 405 g/mol. The van der Waals surface area contributed by atoms with E-state index in [0.717, 1.165) is 36.0 Å². The molecule has 1 aliphatic heterocycles. The van der Waals surface area contributed by atoms with E-state index in [9.17, 15) is 18.0 Å². The number of benzene rings is 1. The molecule has 1 amide bonds. The van der Waals surface area contributed by atoms with Crippen molar-refractivity contribution in [2.45, 2.75) is 45.7 Å². The topological polar surface area (TPSA) is 49.3 Å². The Morgan fingerprint density at radius 3 is 2.45 bits per heavy atom. The Morgan fingerprint density at radius 1 is 1.13 bits per heavy atom. The van der Waals surface area contributed by atoms with E-state index in [4.69, 9.17) is 0 Å². The molecule has 2 aromatic rings. The van der Waals surface area contributed by atoms with Crippen LogP contribution in [0, 0.1) is 12.8 Å². The van der Waals surface area contributed by atoms with Crippen LogP contribution in [0.15, 0.2) is 24.3 Å². The molecule has 1 saturated heterocycles. The van der Waals surface area contributed by atoms with Gasteiger partial charge in [-0.15, -0.1) is 0 Å². The number of carbonyl (C=O) groups excluding carboxylic acids is 1. The molecule has 166 valence electrons. The van der Waals surface area contributed by atoms with E-state index in [2.05, 4.69) is 14.9 Å². The van der Waals surface area contributed by atoms with E-state index in [0.29, 0.717) is 50.4 Å². The lowest BCUT2D eigenvalue weighted by atomic mass is 10.00. The van der Waals surface area contributed by atoms with Crippen LogP contribution in [0.25, 0.3) is 0 Å². The SMILES string of the molecule is CCc1nc(C)nc(N2CCN(C(=O)C3CC3)CC2)c1Cc1cccc(C(F)(F)F)c1. The number of aromatic nitrogens is 2. The first-order valence-electron chi connectivity index (χ1n) is 10.8. The zero-order valence-corrected chi connectivity index (χ0v) is 17.9. The molecule has 2 aliphatic rings. The van der Waals surface area contributed by atoms with Crippen molar-refractivity contribution in [2.24, 2.45) is 5.92 Å². The highest BCUT2D eigenvalue weighted by molar-refractivity contribution is 5.81. The molecule has 0 radical (unpaired) electrons. The van der Waals surface area contributed by atoms with Gasteiger partial charge in [0.1, 0.15) is 11.6 Å². The van der Waals surface area contributed by atoms with Crippen molar-refractivity contribution in [1.29, 1.82) is 0 Å². The van der Waals surface area contributed by atoms with Gasteiger partial charge in [0.15, 0.2) is 0 Å². The van der Waals surface area contributed by atoms with Crippen LogP contribution in [0.4, 0.5) is 19.0 Å². The van der Waals surface area contributed by atoms with E-state index < -0.39 is 11.7 Å². The van der Waals surface area contributed by atoms with Gasteiger partial charge in [-0.3, -0.25) is 4.79 Å². The van der Waals surface area contributed by atoms with Crippen molar-refractivity contribution in [3.05, 3.63) is 52.5 Å². The molecule has 8 heteroatoms. The summed E-state index contributed by atoms with van der Waals surface area (Å²) in [6.07, 6.45) is -1.38. The van der Waals surface area contributed by atoms with Crippen LogP contribution in [0.1, 0.15) is 48.0 Å². The van der Waals surface area contributed by atoms with E-state index in [-0.39, 0.29) is 11.8 Å². The number of hydrogen-bond acceptors (Lipinski definition) is 4. The zero-order chi connectivity index (χ0) is 22.2. The summed E-state index contributed by atoms with van der Waals surface area (Å²) in [5.41, 5.74) is 1.66. The molecule has 0 spiro atoms. The maximum atomic E-state index is 13.2. The maximum absolute atomic E-state index is 13.2. The summed E-state index contributed by atoms with van der Waals surface area (Å²) in [7, 11) is 0. The van der Waals surface area contributed by atoms with Crippen molar-refractivity contribution in [2.75, 3.05) is 31.1 Å². The highest BCUT2D eigenvalue weighted by atomic mass is 19.4. The fourth-order valence-electron chi connectivity index (χ4n) is 4.16. The molecule has 0 bridgehead atoms. The average Bonchev–Trinajstić information content (AvgIpc) is 3.59. The maximum Gasteiger partial charge on any atom is 0.416 e. The summed E-state index contributed by atoms with van der Waals surface area (Å²) in [6.45, 7) is 6.43. The van der Waals surface area contributed by atoms with Crippen LogP contribution in [0.3, 0.4) is 0 Å². The summed E-state index contributed by atoms with van der Waals surface area (Å²) < 4.78 is 39.5. The molecule has 31 heavy (non-hydrogen) atoms. The highest BCUT2D eigenvalue weighted by Crippen LogP contribution is 2.33. The van der Waals surface area contributed by atoms with E-state index in [1.54, 1.807) is 6.07 Å². The molecule has 0 unspecified atom stereocenters. The molecule has 1 aromatic carbocycles. The third-order valence-electron chi connectivity index (χ3n) is 5.97. The lowest BCUT2D eigenvalue weighted by Crippen LogP contribution is -2.49. The molecule has 1 aromatic heterocycles. The molecule has 0 N–H and O–H groups in total. The molecule has 0 atom stereocenters. The number of aryl methyl sites for hydroxylation is 2. The van der Waals surface area contributed by atoms with E-state index in [1.807, 2.05) is 18.7 Å². The Kier molecular flexibility index (Phi) is 5.90. The largest absolute Gasteiger partial charge is 0.416 e. The molecular formula is C23H27F3N4O. The number of nitrogens with zero attached hydrogens (tertiary/aromatic N) is 4. The third kappa shape index (κ3) is 4.83. The van der Waals surface area contributed by atoms with Crippen molar-refractivity contribution < 1.29 is 18.0 Å². The number of carbonyl (C=O) groups is 1. The van der Waals surface area contributed by atoms with E-state index in [1.165, 1.54) is 12.1 Å². The van der Waals surface area contributed by atoms with Gasteiger partial charge >= 0.3 is 6.18 Å². The molecule has 1 aliphatic carbocycles. The van der Waals surface area contributed by atoms with Gasteiger partial charge in [0.05, 0.1) is 5.56 Å². The Balaban J connectivity index is 1.60. The summed E-state index contributed by atoms with van der Waals surface area (Å²) in [6, 6.07) is 5.45. The van der Waals surface area contributed by atoms with Crippen LogP contribution in [0.2, 0.25) is 0 Å². The molecule has 5 nitrogen and oxygen atoms in total. The van der Waals surface area contributed by atoms with Gasteiger partial charge in [0.2, 0.25) is 5.91 Å². The normalized spacial score (nSPS) is 17.2. The van der Waals surface area contributed by atoms with Gasteiger partial charge in [-0.05, 0) is 37.8 Å². The molecule has 2 fully saturated rings. The quantitative estimate of drug-likeness (QED) is 0.716. The van der Waals surface area contributed by atoms with Crippen LogP contribution in [-0.2, 0) is 23.8 Å². The van der Waals surface area contributed by atoms with Crippen molar-refractivity contribution in [1.82, 2.24) is 14.9 Å². The highest BCUT2D eigenvalue weighted by Gasteiger charge is 2.35. The standard InChI is InChI=1S/C23H27F3N4O/c1-3-20-19(14-16-5-4-6-18(13-16)23(24,25)26)21(28-15(2)27-20)29-9-11-30(12-10-29)22(31)17-7-8-17/h4-6,13,17H,3,7-12,14H2,1-2H3. The van der Waals surface area contributed by atoms with Crippen molar-refractivity contribution in [3.8, 4) is 0 Å². The Labute approximate surface area is 180 Å². The Hall–Kier alpha value is -2.64. The van der Waals surface area contributed by atoms with Gasteiger partial charge in [0, 0.05) is 49.8 Å². The van der Waals surface area contributed by atoms with Crippen LogP contribution in [0.5, 0.6) is 0 Å². The summed E-state index contributed by atoms with van der Waals surface area (Å²) >= 11 is 0. The minimum Gasteiger partial charge on any atom is -0.353 e. The molecule has 1 saturated carbocycles. The lowest BCUT2D eigenvalue weighted by Gasteiger charge is -2.36. The lowest BCUT2D eigenvalue weighted by molar-refractivity contribution is -0.137. The van der Waals surface area contributed by atoms with Crippen LogP contribution < -0.4 is 4.90 Å². The van der Waals surface area contributed by atoms with E-state index >= 15 is 0 Å². The number of anilines is 1. The number of alkyl halides is 3. The van der Waals surface area contributed by atoms with Gasteiger partial charge in [-0.25, -0.2) is 9.97 Å². The summed E-state index contributed by atoms with van der Waals surface area (Å²) in [5, 5.41) is 0. The fourth-order valence-corrected chi connectivity index (χ4v) is 4.16. The number of amides is 1. The first-order valence-corrected chi connectivity index (χ1v) is 10.8. The second-order valence-electron chi connectivity index (χ2n) is 8.33. The fraction of sp³-hybridized carbons (Fsp3) is 0.522. The number of rotatable bonds is 5. The second kappa shape index (κ2) is 8.48. The molecule has 2 heterocycles.